The highest BCUT2D eigenvalue weighted by Gasteiger charge is 2.51. The molecule has 5 rings (SSSR count). The van der Waals surface area contributed by atoms with E-state index in [1.807, 2.05) is 24.3 Å². The first-order chi connectivity index (χ1) is 16.8. The van der Waals surface area contributed by atoms with E-state index in [-0.39, 0.29) is 0 Å². The Morgan fingerprint density at radius 3 is 1.44 bits per heavy atom. The van der Waals surface area contributed by atoms with Crippen LogP contribution in [0.25, 0.3) is 11.3 Å². The number of hydrogen-bond donors (Lipinski definition) is 0. The molecule has 0 N–H and O–H groups in total. The minimum Gasteiger partial charge on any atom is -0.497 e. The second-order valence-electron chi connectivity index (χ2n) is 7.89. The predicted octanol–water partition coefficient (Wildman–Crippen LogP) is 5.58. The lowest BCUT2D eigenvalue weighted by molar-refractivity contribution is 0.312. The van der Waals surface area contributed by atoms with Crippen LogP contribution in [0.15, 0.2) is 126 Å². The van der Waals surface area contributed by atoms with Crippen molar-refractivity contribution in [3.63, 3.8) is 0 Å². The smallest absolute Gasteiger partial charge is 0.330 e. The maximum atomic E-state index is 6.36. The van der Waals surface area contributed by atoms with Crippen LogP contribution in [0.4, 0.5) is 0 Å². The largest absolute Gasteiger partial charge is 0.497 e. The van der Waals surface area contributed by atoms with Crippen molar-refractivity contribution in [1.29, 1.82) is 0 Å². The zero-order valence-corrected chi connectivity index (χ0v) is 20.1. The van der Waals surface area contributed by atoms with E-state index in [9.17, 15) is 0 Å². The average Bonchev–Trinajstić information content (AvgIpc) is 3.36. The van der Waals surface area contributed by atoms with E-state index in [2.05, 4.69) is 97.1 Å². The summed E-state index contributed by atoms with van der Waals surface area (Å²) in [7, 11) is 1.03. The molecule has 4 heteroatoms. The minimum absolute atomic E-state index is 0.538. The van der Waals surface area contributed by atoms with Gasteiger partial charge in [-0.1, -0.05) is 54.6 Å². The molecule has 0 saturated heterocycles. The number of hydrogen-bond acceptors (Lipinski definition) is 3. The molecule has 1 heterocycles. The molecule has 34 heavy (non-hydrogen) atoms. The van der Waals surface area contributed by atoms with Crippen LogP contribution in [0.3, 0.4) is 0 Å². The third-order valence-corrected chi connectivity index (χ3v) is 10.3. The number of furan rings is 1. The zero-order chi connectivity index (χ0) is 23.4. The summed E-state index contributed by atoms with van der Waals surface area (Å²) in [6, 6.07) is 42.2. The van der Waals surface area contributed by atoms with E-state index in [1.165, 1.54) is 15.9 Å². The third kappa shape index (κ3) is 3.79. The number of ether oxygens (including phenoxy) is 2. The van der Waals surface area contributed by atoms with Crippen LogP contribution >= 0.6 is 7.26 Å². The molecule has 0 amide bonds. The van der Waals surface area contributed by atoms with E-state index in [0.717, 1.165) is 22.4 Å². The highest BCUT2D eigenvalue weighted by atomic mass is 31.2. The van der Waals surface area contributed by atoms with Gasteiger partial charge >= 0.3 is 5.95 Å². The van der Waals surface area contributed by atoms with Gasteiger partial charge in [0, 0.05) is 11.6 Å². The average molecular weight is 466 g/mol. The van der Waals surface area contributed by atoms with Crippen molar-refractivity contribution in [3.05, 3.63) is 121 Å². The molecule has 0 aliphatic heterocycles. The monoisotopic (exact) mass is 465 g/mol. The molecule has 0 fully saturated rings. The van der Waals surface area contributed by atoms with Crippen molar-refractivity contribution >= 4 is 28.5 Å². The molecule has 0 aliphatic carbocycles. The summed E-state index contributed by atoms with van der Waals surface area (Å²) < 4.78 is 17.6. The van der Waals surface area contributed by atoms with Crippen molar-refractivity contribution < 1.29 is 13.9 Å². The van der Waals surface area contributed by atoms with Gasteiger partial charge in [-0.05, 0) is 60.7 Å². The van der Waals surface area contributed by atoms with Crippen molar-refractivity contribution in [2.45, 2.75) is 0 Å². The maximum Gasteiger partial charge on any atom is 0.330 e. The quantitative estimate of drug-likeness (QED) is 0.294. The van der Waals surface area contributed by atoms with E-state index in [0.29, 0.717) is 5.95 Å². The van der Waals surface area contributed by atoms with Gasteiger partial charge in [0.1, 0.15) is 27.4 Å². The van der Waals surface area contributed by atoms with Crippen molar-refractivity contribution in [3.8, 4) is 23.0 Å². The van der Waals surface area contributed by atoms with Gasteiger partial charge < -0.3 is 13.9 Å². The molecule has 0 aliphatic rings. The second-order valence-corrected chi connectivity index (χ2v) is 11.3. The van der Waals surface area contributed by atoms with Crippen molar-refractivity contribution in [2.24, 2.45) is 0 Å². The van der Waals surface area contributed by atoms with E-state index in [1.54, 1.807) is 14.2 Å². The predicted molar refractivity (Wildman–Crippen MR) is 142 cm³/mol. The van der Waals surface area contributed by atoms with Crippen LogP contribution < -0.4 is 30.7 Å². The van der Waals surface area contributed by atoms with Gasteiger partial charge in [-0.3, -0.25) is 0 Å². The lowest BCUT2D eigenvalue weighted by Gasteiger charge is -2.26. The zero-order valence-electron chi connectivity index (χ0n) is 19.2. The summed E-state index contributed by atoms with van der Waals surface area (Å²) in [6.45, 7) is 0. The molecule has 0 atom stereocenters. The topological polar surface area (TPSA) is 31.6 Å². The maximum absolute atomic E-state index is 6.36. The van der Waals surface area contributed by atoms with Crippen molar-refractivity contribution in [2.75, 3.05) is 14.2 Å². The first-order valence-corrected chi connectivity index (χ1v) is 12.9. The van der Waals surface area contributed by atoms with Crippen LogP contribution in [0.1, 0.15) is 0 Å². The molecule has 0 radical (unpaired) electrons. The Kier molecular flexibility index (Phi) is 6.20. The summed E-state index contributed by atoms with van der Waals surface area (Å²) >= 11 is 0. The molecule has 0 saturated carbocycles. The van der Waals surface area contributed by atoms with Crippen LogP contribution in [-0.2, 0) is 0 Å². The normalized spacial score (nSPS) is 11.2. The summed E-state index contributed by atoms with van der Waals surface area (Å²) in [6.07, 6.45) is 0. The van der Waals surface area contributed by atoms with Gasteiger partial charge in [0.2, 0.25) is 0 Å². The minimum atomic E-state index is -2.32. The number of rotatable bonds is 7. The fraction of sp³-hybridized carbons (Fsp3) is 0.0667. The number of benzene rings is 4. The highest BCUT2D eigenvalue weighted by molar-refractivity contribution is 8.01. The standard InChI is InChI=1S/C30H26O3P/c1-31-24-20-18-23(19-21-24)28-22-29(30(32-2)33-28)34(25-12-6-3-7-13-25,26-14-8-4-9-15-26)27-16-10-5-11-17-27/h3-22H,1-2H3/q+1. The molecule has 0 bridgehead atoms. The fourth-order valence-corrected chi connectivity index (χ4v) is 8.77. The lowest BCUT2D eigenvalue weighted by atomic mass is 10.2. The SMILES string of the molecule is COc1ccc(-c2cc([P+](c3ccccc3)(c3ccccc3)c3ccccc3)c(OC)o2)cc1. The molecular weight excluding hydrogens is 439 g/mol. The first kappa shape index (κ1) is 22.0. The summed E-state index contributed by atoms with van der Waals surface area (Å²) in [5.74, 6) is 2.11. The van der Waals surface area contributed by atoms with Gasteiger partial charge in [0.25, 0.3) is 0 Å². The molecule has 3 nitrogen and oxygen atoms in total. The molecule has 0 spiro atoms. The fourth-order valence-electron chi connectivity index (χ4n) is 4.46. The van der Waals surface area contributed by atoms with E-state index >= 15 is 0 Å². The van der Waals surface area contributed by atoms with E-state index < -0.39 is 7.26 Å². The van der Waals surface area contributed by atoms with Gasteiger partial charge in [-0.15, -0.1) is 0 Å². The second kappa shape index (κ2) is 9.59. The van der Waals surface area contributed by atoms with Crippen LogP contribution in [-0.4, -0.2) is 14.2 Å². The van der Waals surface area contributed by atoms with Crippen LogP contribution in [0.5, 0.6) is 11.7 Å². The Balaban J connectivity index is 1.83. The first-order valence-electron chi connectivity index (χ1n) is 11.2. The summed E-state index contributed by atoms with van der Waals surface area (Å²) in [5.41, 5.74) is 0.970. The van der Waals surface area contributed by atoms with Gasteiger partial charge in [-0.25, -0.2) is 0 Å². The summed E-state index contributed by atoms with van der Waals surface area (Å²) in [4.78, 5) is 0. The molecule has 168 valence electrons. The Morgan fingerprint density at radius 1 is 0.559 bits per heavy atom. The summed E-state index contributed by atoms with van der Waals surface area (Å²) in [5, 5.41) is 4.79. The van der Waals surface area contributed by atoms with Crippen LogP contribution in [0.2, 0.25) is 0 Å². The molecule has 4 aromatic carbocycles. The third-order valence-electron chi connectivity index (χ3n) is 6.03. The Bertz CT molecular complexity index is 1250. The van der Waals surface area contributed by atoms with Crippen molar-refractivity contribution in [1.82, 2.24) is 0 Å². The molecule has 5 aromatic rings. The Hall–Kier alpha value is -3.81. The van der Waals surface area contributed by atoms with Gasteiger partial charge in [0.05, 0.1) is 14.2 Å². The Morgan fingerprint density at radius 2 is 1.03 bits per heavy atom. The van der Waals surface area contributed by atoms with E-state index in [4.69, 9.17) is 13.9 Å². The highest BCUT2D eigenvalue weighted by Crippen LogP contribution is 2.57. The molecule has 1 aromatic heterocycles. The molecular formula is C30H26O3P+. The van der Waals surface area contributed by atoms with Gasteiger partial charge in [-0.2, -0.15) is 0 Å². The van der Waals surface area contributed by atoms with Gasteiger partial charge in [0.15, 0.2) is 12.6 Å². The molecule has 0 unspecified atom stereocenters. The van der Waals surface area contributed by atoms with Crippen LogP contribution in [0, 0.1) is 0 Å². The number of methoxy groups -OCH3 is 2. The Labute approximate surface area is 200 Å². The lowest BCUT2D eigenvalue weighted by Crippen LogP contribution is -2.38.